The lowest BCUT2D eigenvalue weighted by atomic mass is 10.0. The summed E-state index contributed by atoms with van der Waals surface area (Å²) < 4.78 is 41.7. The van der Waals surface area contributed by atoms with Crippen LogP contribution in [0.3, 0.4) is 0 Å². The van der Waals surface area contributed by atoms with E-state index in [1.807, 2.05) is 37.3 Å². The van der Waals surface area contributed by atoms with Crippen molar-refractivity contribution < 1.29 is 12.8 Å². The Morgan fingerprint density at radius 1 is 1.17 bits per heavy atom. The molecule has 1 fully saturated rings. The summed E-state index contributed by atoms with van der Waals surface area (Å²) in [5.74, 6) is -0.473. The number of nitrogen functional groups attached to an aromatic ring is 1. The Morgan fingerprint density at radius 2 is 1.88 bits per heavy atom. The van der Waals surface area contributed by atoms with Gasteiger partial charge in [-0.15, -0.1) is 0 Å². The fourth-order valence-electron chi connectivity index (χ4n) is 3.21. The number of anilines is 1. The third-order valence-electron chi connectivity index (χ3n) is 4.60. The first-order valence-corrected chi connectivity index (χ1v) is 9.49. The SMILES string of the molecule is C[C@H]1CCC(c2ccccc2)S(=O)(=O)N1Cc1ccc(N)cc1F. The van der Waals surface area contributed by atoms with Gasteiger partial charge in [-0.25, -0.2) is 12.8 Å². The molecule has 0 amide bonds. The highest BCUT2D eigenvalue weighted by Gasteiger charge is 2.40. The molecule has 1 heterocycles. The van der Waals surface area contributed by atoms with E-state index in [-0.39, 0.29) is 12.6 Å². The molecule has 3 rings (SSSR count). The Kier molecular flexibility index (Phi) is 4.60. The Bertz CT molecular complexity index is 824. The molecule has 1 saturated heterocycles. The quantitative estimate of drug-likeness (QED) is 0.864. The van der Waals surface area contributed by atoms with Crippen LogP contribution >= 0.6 is 0 Å². The van der Waals surface area contributed by atoms with Crippen molar-refractivity contribution in [1.82, 2.24) is 4.31 Å². The molecule has 1 aliphatic heterocycles. The summed E-state index contributed by atoms with van der Waals surface area (Å²) in [7, 11) is -3.56. The molecular formula is C18H21FN2O2S. The number of sulfonamides is 1. The predicted octanol–water partition coefficient (Wildman–Crippen LogP) is 3.46. The van der Waals surface area contributed by atoms with Gasteiger partial charge in [0, 0.05) is 23.8 Å². The number of nitrogens with zero attached hydrogens (tertiary/aromatic N) is 1. The van der Waals surface area contributed by atoms with E-state index in [0.717, 1.165) is 12.0 Å². The van der Waals surface area contributed by atoms with Crippen molar-refractivity contribution in [2.75, 3.05) is 5.73 Å². The van der Waals surface area contributed by atoms with Crippen LogP contribution in [0.1, 0.15) is 36.1 Å². The molecule has 4 nitrogen and oxygen atoms in total. The first kappa shape index (κ1) is 16.9. The molecule has 2 N–H and O–H groups in total. The van der Waals surface area contributed by atoms with Crippen molar-refractivity contribution >= 4 is 15.7 Å². The van der Waals surface area contributed by atoms with Gasteiger partial charge in [0.25, 0.3) is 0 Å². The van der Waals surface area contributed by atoms with Crippen molar-refractivity contribution in [3.05, 3.63) is 65.5 Å². The number of halogens is 1. The molecule has 128 valence electrons. The van der Waals surface area contributed by atoms with Gasteiger partial charge in [0.05, 0.1) is 0 Å². The summed E-state index contributed by atoms with van der Waals surface area (Å²) in [6, 6.07) is 13.4. The van der Waals surface area contributed by atoms with Crippen LogP contribution in [0.4, 0.5) is 10.1 Å². The summed E-state index contributed by atoms with van der Waals surface area (Å²) in [6.45, 7) is 1.90. The van der Waals surface area contributed by atoms with Crippen molar-refractivity contribution in [2.24, 2.45) is 0 Å². The second kappa shape index (κ2) is 6.53. The lowest BCUT2D eigenvalue weighted by molar-refractivity contribution is 0.279. The molecule has 0 spiro atoms. The van der Waals surface area contributed by atoms with Gasteiger partial charge in [-0.3, -0.25) is 0 Å². The predicted molar refractivity (Wildman–Crippen MR) is 93.2 cm³/mol. The van der Waals surface area contributed by atoms with Gasteiger partial charge in [0.1, 0.15) is 11.1 Å². The van der Waals surface area contributed by atoms with Crippen LogP contribution < -0.4 is 5.73 Å². The molecule has 2 aromatic carbocycles. The van der Waals surface area contributed by atoms with Gasteiger partial charge in [0.2, 0.25) is 10.0 Å². The van der Waals surface area contributed by atoms with Crippen LogP contribution in [0.5, 0.6) is 0 Å². The molecule has 0 radical (unpaired) electrons. The lowest BCUT2D eigenvalue weighted by Gasteiger charge is -2.37. The maximum Gasteiger partial charge on any atom is 0.221 e. The van der Waals surface area contributed by atoms with Gasteiger partial charge in [-0.05, 0) is 37.5 Å². The minimum Gasteiger partial charge on any atom is -0.399 e. The Hall–Kier alpha value is -1.92. The summed E-state index contributed by atoms with van der Waals surface area (Å²) in [5.41, 5.74) is 7.02. The minimum absolute atomic E-state index is 0.0267. The first-order chi connectivity index (χ1) is 11.4. The molecule has 0 aliphatic carbocycles. The van der Waals surface area contributed by atoms with Crippen molar-refractivity contribution in [3.63, 3.8) is 0 Å². The average molecular weight is 348 g/mol. The molecule has 0 saturated carbocycles. The van der Waals surface area contributed by atoms with Crippen LogP contribution in [0, 0.1) is 5.82 Å². The van der Waals surface area contributed by atoms with Gasteiger partial charge in [0.15, 0.2) is 0 Å². The number of benzene rings is 2. The number of rotatable bonds is 3. The monoisotopic (exact) mass is 348 g/mol. The maximum absolute atomic E-state index is 14.1. The van der Waals surface area contributed by atoms with Crippen molar-refractivity contribution in [1.29, 1.82) is 0 Å². The third kappa shape index (κ3) is 3.16. The van der Waals surface area contributed by atoms with E-state index in [0.29, 0.717) is 17.7 Å². The molecule has 2 atom stereocenters. The van der Waals surface area contributed by atoms with Gasteiger partial charge in [-0.2, -0.15) is 4.31 Å². The number of nitrogens with two attached hydrogens (primary N) is 1. The highest BCUT2D eigenvalue weighted by Crippen LogP contribution is 2.38. The highest BCUT2D eigenvalue weighted by molar-refractivity contribution is 7.89. The van der Waals surface area contributed by atoms with Crippen LogP contribution in [0.15, 0.2) is 48.5 Å². The molecule has 0 bridgehead atoms. The molecular weight excluding hydrogens is 327 g/mol. The van der Waals surface area contributed by atoms with Gasteiger partial charge >= 0.3 is 0 Å². The molecule has 1 aliphatic rings. The van der Waals surface area contributed by atoms with Crippen LogP contribution in [0.2, 0.25) is 0 Å². The van der Waals surface area contributed by atoms with E-state index < -0.39 is 21.1 Å². The Balaban J connectivity index is 1.93. The zero-order valence-corrected chi connectivity index (χ0v) is 14.3. The summed E-state index contributed by atoms with van der Waals surface area (Å²) >= 11 is 0. The first-order valence-electron chi connectivity index (χ1n) is 7.99. The summed E-state index contributed by atoms with van der Waals surface area (Å²) in [4.78, 5) is 0. The molecule has 2 aromatic rings. The van der Waals surface area contributed by atoms with E-state index >= 15 is 0 Å². The zero-order chi connectivity index (χ0) is 17.3. The van der Waals surface area contributed by atoms with E-state index in [4.69, 9.17) is 5.73 Å². The minimum atomic E-state index is -3.56. The molecule has 1 unspecified atom stereocenters. The highest BCUT2D eigenvalue weighted by atomic mass is 32.2. The van der Waals surface area contributed by atoms with Crippen LogP contribution in [0.25, 0.3) is 0 Å². The van der Waals surface area contributed by atoms with E-state index in [2.05, 4.69) is 0 Å². The largest absolute Gasteiger partial charge is 0.399 e. The molecule has 24 heavy (non-hydrogen) atoms. The number of hydrogen-bond donors (Lipinski definition) is 1. The zero-order valence-electron chi connectivity index (χ0n) is 13.5. The van der Waals surface area contributed by atoms with Crippen LogP contribution in [-0.2, 0) is 16.6 Å². The normalized spacial score (nSPS) is 23.9. The van der Waals surface area contributed by atoms with Gasteiger partial charge in [-0.1, -0.05) is 36.4 Å². The van der Waals surface area contributed by atoms with Gasteiger partial charge < -0.3 is 5.73 Å². The Morgan fingerprint density at radius 3 is 2.54 bits per heavy atom. The standard InChI is InChI=1S/C18H21FN2O2S/c1-13-7-10-18(14-5-3-2-4-6-14)24(22,23)21(13)12-15-8-9-16(20)11-17(15)19/h2-6,8-9,11,13,18H,7,10,12,20H2,1H3/t13-,18?/m0/s1. The second-order valence-corrected chi connectivity index (χ2v) is 8.33. The van der Waals surface area contributed by atoms with Crippen LogP contribution in [-0.4, -0.2) is 18.8 Å². The van der Waals surface area contributed by atoms with Crippen molar-refractivity contribution in [3.8, 4) is 0 Å². The van der Waals surface area contributed by atoms with E-state index in [9.17, 15) is 12.8 Å². The summed E-state index contributed by atoms with van der Waals surface area (Å²) in [6.07, 6.45) is 1.32. The van der Waals surface area contributed by atoms with E-state index in [1.165, 1.54) is 10.4 Å². The smallest absolute Gasteiger partial charge is 0.221 e. The third-order valence-corrected chi connectivity index (χ3v) is 6.97. The fourth-order valence-corrected chi connectivity index (χ4v) is 5.40. The molecule has 0 aromatic heterocycles. The fraction of sp³-hybridized carbons (Fsp3) is 0.333. The summed E-state index contributed by atoms with van der Waals surface area (Å²) in [5, 5.41) is -0.577. The number of hydrogen-bond acceptors (Lipinski definition) is 3. The molecule has 6 heteroatoms. The average Bonchev–Trinajstić information content (AvgIpc) is 2.53. The lowest BCUT2D eigenvalue weighted by Crippen LogP contribution is -2.44. The van der Waals surface area contributed by atoms with Crippen molar-refractivity contribution in [2.45, 2.75) is 37.6 Å². The van der Waals surface area contributed by atoms with E-state index in [1.54, 1.807) is 12.1 Å². The topological polar surface area (TPSA) is 63.4 Å². The second-order valence-electron chi connectivity index (χ2n) is 6.27. The Labute approximate surface area is 142 Å². The maximum atomic E-state index is 14.1.